The smallest absolute Gasteiger partial charge is 0.240 e. The van der Waals surface area contributed by atoms with Crippen LogP contribution in [0.2, 0.25) is 0 Å². The second-order valence-electron chi connectivity index (χ2n) is 4.48. The first-order valence-electron chi connectivity index (χ1n) is 4.68. The summed E-state index contributed by atoms with van der Waals surface area (Å²) in [6, 6.07) is 2.29. The van der Waals surface area contributed by atoms with Gasteiger partial charge >= 0.3 is 0 Å². The number of carbonyl (C=O) groups is 1. The minimum absolute atomic E-state index is 0.146. The number of amides is 1. The van der Waals surface area contributed by atoms with Crippen LogP contribution in [-0.2, 0) is 4.79 Å². The molecule has 0 aromatic heterocycles. The van der Waals surface area contributed by atoms with Gasteiger partial charge < -0.3 is 5.32 Å². The van der Waals surface area contributed by atoms with E-state index in [4.69, 9.17) is 5.26 Å². The van der Waals surface area contributed by atoms with Crippen LogP contribution in [0.5, 0.6) is 0 Å². The van der Waals surface area contributed by atoms with Crippen LogP contribution in [0.4, 0.5) is 0 Å². The van der Waals surface area contributed by atoms with E-state index in [9.17, 15) is 4.79 Å². The first-order valence-corrected chi connectivity index (χ1v) is 4.68. The number of hydrogen-bond donors (Lipinski definition) is 1. The highest BCUT2D eigenvalue weighted by atomic mass is 16.2. The zero-order valence-corrected chi connectivity index (χ0v) is 8.42. The molecule has 1 N–H and O–H groups in total. The van der Waals surface area contributed by atoms with Gasteiger partial charge in [0.1, 0.15) is 5.41 Å². The number of nitrogens with one attached hydrogen (secondary N) is 1. The van der Waals surface area contributed by atoms with Crippen molar-refractivity contribution < 1.29 is 4.79 Å². The van der Waals surface area contributed by atoms with Gasteiger partial charge in [0.05, 0.1) is 6.07 Å². The average molecular weight is 180 g/mol. The lowest BCUT2D eigenvalue weighted by molar-refractivity contribution is -0.128. The highest BCUT2D eigenvalue weighted by Crippen LogP contribution is 2.27. The SMILES string of the molecule is CC1CC(NC(=O)C(C)(C)C#N)C1. The van der Waals surface area contributed by atoms with Crippen molar-refractivity contribution in [2.75, 3.05) is 0 Å². The monoisotopic (exact) mass is 180 g/mol. The summed E-state index contributed by atoms with van der Waals surface area (Å²) in [6.07, 6.45) is 2.10. The number of rotatable bonds is 2. The molecule has 0 atom stereocenters. The Morgan fingerprint density at radius 3 is 2.46 bits per heavy atom. The van der Waals surface area contributed by atoms with Gasteiger partial charge in [-0.15, -0.1) is 0 Å². The number of nitrogens with zero attached hydrogens (tertiary/aromatic N) is 1. The Morgan fingerprint density at radius 2 is 2.08 bits per heavy atom. The molecule has 0 saturated heterocycles. The first kappa shape index (κ1) is 10.0. The Labute approximate surface area is 79.1 Å². The van der Waals surface area contributed by atoms with Gasteiger partial charge in [-0.05, 0) is 32.6 Å². The molecule has 1 aliphatic carbocycles. The highest BCUT2D eigenvalue weighted by Gasteiger charge is 2.33. The van der Waals surface area contributed by atoms with Crippen LogP contribution in [0.15, 0.2) is 0 Å². The molecule has 1 fully saturated rings. The second kappa shape index (κ2) is 3.37. The summed E-state index contributed by atoms with van der Waals surface area (Å²) >= 11 is 0. The Kier molecular flexibility index (Phi) is 2.60. The van der Waals surface area contributed by atoms with Crippen LogP contribution in [0, 0.1) is 22.7 Å². The molecular weight excluding hydrogens is 164 g/mol. The maximum absolute atomic E-state index is 11.5. The van der Waals surface area contributed by atoms with E-state index in [2.05, 4.69) is 12.2 Å². The molecule has 3 nitrogen and oxygen atoms in total. The Morgan fingerprint density at radius 1 is 1.54 bits per heavy atom. The fourth-order valence-corrected chi connectivity index (χ4v) is 1.44. The van der Waals surface area contributed by atoms with Gasteiger partial charge in [0, 0.05) is 6.04 Å². The molecule has 0 aliphatic heterocycles. The fraction of sp³-hybridized carbons (Fsp3) is 0.800. The van der Waals surface area contributed by atoms with E-state index in [-0.39, 0.29) is 5.91 Å². The largest absolute Gasteiger partial charge is 0.352 e. The van der Waals surface area contributed by atoms with Crippen molar-refractivity contribution in [3.05, 3.63) is 0 Å². The highest BCUT2D eigenvalue weighted by molar-refractivity contribution is 5.84. The Hall–Kier alpha value is -1.04. The van der Waals surface area contributed by atoms with Crippen LogP contribution in [0.3, 0.4) is 0 Å². The minimum atomic E-state index is -0.890. The second-order valence-corrected chi connectivity index (χ2v) is 4.48. The predicted octanol–water partition coefficient (Wildman–Crippen LogP) is 1.45. The van der Waals surface area contributed by atoms with E-state index in [1.807, 2.05) is 6.07 Å². The zero-order valence-electron chi connectivity index (χ0n) is 8.42. The summed E-state index contributed by atoms with van der Waals surface area (Å²) in [6.45, 7) is 5.45. The van der Waals surface area contributed by atoms with Crippen molar-refractivity contribution in [2.45, 2.75) is 39.7 Å². The summed E-state index contributed by atoms with van der Waals surface area (Å²) in [7, 11) is 0. The summed E-state index contributed by atoms with van der Waals surface area (Å²) in [5, 5.41) is 11.6. The lowest BCUT2D eigenvalue weighted by atomic mass is 9.81. The van der Waals surface area contributed by atoms with E-state index in [1.54, 1.807) is 13.8 Å². The summed E-state index contributed by atoms with van der Waals surface area (Å²) in [5.74, 6) is 0.572. The predicted molar refractivity (Wildman–Crippen MR) is 49.7 cm³/mol. The third-order valence-electron chi connectivity index (χ3n) is 2.56. The van der Waals surface area contributed by atoms with E-state index in [0.29, 0.717) is 6.04 Å². The van der Waals surface area contributed by atoms with E-state index < -0.39 is 5.41 Å². The molecule has 0 unspecified atom stereocenters. The minimum Gasteiger partial charge on any atom is -0.352 e. The van der Waals surface area contributed by atoms with Crippen molar-refractivity contribution in [2.24, 2.45) is 11.3 Å². The van der Waals surface area contributed by atoms with Gasteiger partial charge in [0.15, 0.2) is 0 Å². The van der Waals surface area contributed by atoms with Crippen LogP contribution in [-0.4, -0.2) is 11.9 Å². The van der Waals surface area contributed by atoms with Gasteiger partial charge in [-0.3, -0.25) is 4.79 Å². The zero-order chi connectivity index (χ0) is 10.1. The van der Waals surface area contributed by atoms with Crippen molar-refractivity contribution >= 4 is 5.91 Å². The third kappa shape index (κ3) is 2.21. The average Bonchev–Trinajstić information content (AvgIpc) is 2.01. The fourth-order valence-electron chi connectivity index (χ4n) is 1.44. The molecule has 0 radical (unpaired) electrons. The van der Waals surface area contributed by atoms with Gasteiger partial charge in [-0.2, -0.15) is 5.26 Å². The van der Waals surface area contributed by atoms with Crippen LogP contribution >= 0.6 is 0 Å². The molecule has 72 valence electrons. The maximum atomic E-state index is 11.5. The molecule has 0 bridgehead atoms. The standard InChI is InChI=1S/C10H16N2O/c1-7-4-8(5-7)12-9(13)10(2,3)6-11/h7-8H,4-5H2,1-3H3,(H,12,13). The third-order valence-corrected chi connectivity index (χ3v) is 2.56. The molecular formula is C10H16N2O. The maximum Gasteiger partial charge on any atom is 0.240 e. The summed E-state index contributed by atoms with van der Waals surface area (Å²) < 4.78 is 0. The molecule has 0 heterocycles. The van der Waals surface area contributed by atoms with Crippen molar-refractivity contribution in [3.63, 3.8) is 0 Å². The molecule has 13 heavy (non-hydrogen) atoms. The topological polar surface area (TPSA) is 52.9 Å². The van der Waals surface area contributed by atoms with Crippen molar-refractivity contribution in [1.29, 1.82) is 5.26 Å². The molecule has 0 aromatic carbocycles. The van der Waals surface area contributed by atoms with Gasteiger partial charge in [0.25, 0.3) is 0 Å². The molecule has 1 amide bonds. The molecule has 0 spiro atoms. The van der Waals surface area contributed by atoms with Crippen LogP contribution < -0.4 is 5.32 Å². The molecule has 1 rings (SSSR count). The first-order chi connectivity index (χ1) is 5.95. The summed E-state index contributed by atoms with van der Waals surface area (Å²) in [5.41, 5.74) is -0.890. The Balaban J connectivity index is 2.39. The lowest BCUT2D eigenvalue weighted by Gasteiger charge is -2.34. The summed E-state index contributed by atoms with van der Waals surface area (Å²) in [4.78, 5) is 11.5. The number of hydrogen-bond acceptors (Lipinski definition) is 2. The molecule has 1 aliphatic rings. The van der Waals surface area contributed by atoms with Gasteiger partial charge in [-0.1, -0.05) is 6.92 Å². The van der Waals surface area contributed by atoms with E-state index in [0.717, 1.165) is 18.8 Å². The molecule has 0 aromatic rings. The van der Waals surface area contributed by atoms with Crippen molar-refractivity contribution in [3.8, 4) is 6.07 Å². The quantitative estimate of drug-likeness (QED) is 0.699. The van der Waals surface area contributed by atoms with Crippen LogP contribution in [0.1, 0.15) is 33.6 Å². The Bertz CT molecular complexity index is 246. The van der Waals surface area contributed by atoms with Gasteiger partial charge in [0.2, 0.25) is 5.91 Å². The van der Waals surface area contributed by atoms with E-state index in [1.165, 1.54) is 0 Å². The van der Waals surface area contributed by atoms with E-state index >= 15 is 0 Å². The molecule has 3 heteroatoms. The lowest BCUT2D eigenvalue weighted by Crippen LogP contribution is -2.47. The van der Waals surface area contributed by atoms with Crippen molar-refractivity contribution in [1.82, 2.24) is 5.32 Å². The molecule has 1 saturated carbocycles. The number of carbonyl (C=O) groups excluding carboxylic acids is 1. The normalized spacial score (nSPS) is 27.2. The number of nitriles is 1. The van der Waals surface area contributed by atoms with Crippen LogP contribution in [0.25, 0.3) is 0 Å². The van der Waals surface area contributed by atoms with Gasteiger partial charge in [-0.25, -0.2) is 0 Å².